The number of hydrogen-bond acceptors (Lipinski definition) is 6. The van der Waals surface area contributed by atoms with Gasteiger partial charge < -0.3 is 14.2 Å². The van der Waals surface area contributed by atoms with Crippen molar-refractivity contribution in [2.45, 2.75) is 290 Å². The highest BCUT2D eigenvalue weighted by Gasteiger charge is 2.19. The van der Waals surface area contributed by atoms with E-state index in [1.807, 2.05) is 0 Å². The van der Waals surface area contributed by atoms with E-state index < -0.39 is 6.10 Å². The Morgan fingerprint density at radius 1 is 0.306 bits per heavy atom. The number of carbonyl (C=O) groups is 3. The van der Waals surface area contributed by atoms with Crippen molar-refractivity contribution in [2.24, 2.45) is 0 Å². The SMILES string of the molecule is CCCCC/C=C\CCCCCCCC(=O)OCC(COC(=O)CCCCCCCCCCC/C=C\CCCCCCCC)OC(=O)CCCCCCC/C=C\CCCCCC. The van der Waals surface area contributed by atoms with Gasteiger partial charge in [-0.1, -0.05) is 205 Å². The second-order valence-corrected chi connectivity index (χ2v) is 18.1. The van der Waals surface area contributed by atoms with E-state index >= 15 is 0 Å². The summed E-state index contributed by atoms with van der Waals surface area (Å²) in [5, 5.41) is 0. The maximum atomic E-state index is 12.8. The van der Waals surface area contributed by atoms with Crippen LogP contribution in [-0.2, 0) is 28.6 Å². The van der Waals surface area contributed by atoms with Crippen molar-refractivity contribution < 1.29 is 28.6 Å². The zero-order chi connectivity index (χ0) is 45.1. The molecule has 0 fully saturated rings. The minimum Gasteiger partial charge on any atom is -0.462 e. The first kappa shape index (κ1) is 59.6. The summed E-state index contributed by atoms with van der Waals surface area (Å²) in [7, 11) is 0. The van der Waals surface area contributed by atoms with Crippen molar-refractivity contribution in [1.82, 2.24) is 0 Å². The largest absolute Gasteiger partial charge is 0.462 e. The van der Waals surface area contributed by atoms with E-state index in [1.165, 1.54) is 167 Å². The number of ether oxygens (including phenoxy) is 3. The van der Waals surface area contributed by atoms with Crippen LogP contribution in [0.4, 0.5) is 0 Å². The molecule has 0 rings (SSSR count). The molecule has 0 radical (unpaired) electrons. The summed E-state index contributed by atoms with van der Waals surface area (Å²) in [6.07, 6.45) is 59.8. The van der Waals surface area contributed by atoms with Gasteiger partial charge in [-0.2, -0.15) is 0 Å². The van der Waals surface area contributed by atoms with E-state index in [0.717, 1.165) is 77.0 Å². The van der Waals surface area contributed by atoms with Gasteiger partial charge in [0.25, 0.3) is 0 Å². The summed E-state index contributed by atoms with van der Waals surface area (Å²) < 4.78 is 16.8. The molecule has 1 atom stereocenters. The Kier molecular flexibility index (Phi) is 49.3. The molecule has 6 heteroatoms. The van der Waals surface area contributed by atoms with Gasteiger partial charge in [-0.3, -0.25) is 14.4 Å². The predicted octanol–water partition coefficient (Wildman–Crippen LogP) is 17.7. The molecular formula is C56H102O6. The van der Waals surface area contributed by atoms with Crippen molar-refractivity contribution in [3.05, 3.63) is 36.5 Å². The van der Waals surface area contributed by atoms with E-state index in [1.54, 1.807) is 0 Å². The average Bonchev–Trinajstić information content (AvgIpc) is 3.27. The monoisotopic (exact) mass is 871 g/mol. The molecule has 0 heterocycles. The molecule has 0 aromatic carbocycles. The van der Waals surface area contributed by atoms with Crippen molar-refractivity contribution in [1.29, 1.82) is 0 Å². The number of allylic oxidation sites excluding steroid dienone is 6. The Morgan fingerprint density at radius 3 is 0.855 bits per heavy atom. The topological polar surface area (TPSA) is 78.9 Å². The van der Waals surface area contributed by atoms with E-state index in [4.69, 9.17) is 14.2 Å². The lowest BCUT2D eigenvalue weighted by atomic mass is 10.1. The molecular weight excluding hydrogens is 769 g/mol. The number of hydrogen-bond donors (Lipinski definition) is 0. The molecule has 0 spiro atoms. The molecule has 62 heavy (non-hydrogen) atoms. The maximum absolute atomic E-state index is 12.8. The van der Waals surface area contributed by atoms with Crippen LogP contribution in [0.5, 0.6) is 0 Å². The van der Waals surface area contributed by atoms with Gasteiger partial charge in [0.15, 0.2) is 6.10 Å². The van der Waals surface area contributed by atoms with E-state index in [2.05, 4.69) is 57.2 Å². The smallest absolute Gasteiger partial charge is 0.306 e. The lowest BCUT2D eigenvalue weighted by Crippen LogP contribution is -2.30. The lowest BCUT2D eigenvalue weighted by Gasteiger charge is -2.18. The van der Waals surface area contributed by atoms with E-state index in [9.17, 15) is 14.4 Å². The number of rotatable bonds is 49. The molecule has 0 aromatic heterocycles. The Labute approximate surface area is 385 Å². The van der Waals surface area contributed by atoms with E-state index in [0.29, 0.717) is 19.3 Å². The number of unbranched alkanes of at least 4 members (excludes halogenated alkanes) is 32. The van der Waals surface area contributed by atoms with Crippen LogP contribution in [0.15, 0.2) is 36.5 Å². The van der Waals surface area contributed by atoms with Crippen LogP contribution in [0, 0.1) is 0 Å². The first-order valence-corrected chi connectivity index (χ1v) is 27.0. The fourth-order valence-corrected chi connectivity index (χ4v) is 7.72. The molecule has 1 unspecified atom stereocenters. The number of carbonyl (C=O) groups excluding carboxylic acids is 3. The van der Waals surface area contributed by atoms with Gasteiger partial charge in [0.2, 0.25) is 0 Å². The Morgan fingerprint density at radius 2 is 0.532 bits per heavy atom. The third kappa shape index (κ3) is 48.7. The maximum Gasteiger partial charge on any atom is 0.306 e. The molecule has 0 N–H and O–H groups in total. The molecule has 0 aliphatic rings. The molecule has 0 bridgehead atoms. The summed E-state index contributed by atoms with van der Waals surface area (Å²) in [5.41, 5.74) is 0. The van der Waals surface area contributed by atoms with Gasteiger partial charge in [0, 0.05) is 19.3 Å². The van der Waals surface area contributed by atoms with Crippen LogP contribution in [0.3, 0.4) is 0 Å². The van der Waals surface area contributed by atoms with Gasteiger partial charge >= 0.3 is 17.9 Å². The van der Waals surface area contributed by atoms with Crippen LogP contribution in [-0.4, -0.2) is 37.2 Å². The van der Waals surface area contributed by atoms with Gasteiger partial charge in [-0.25, -0.2) is 0 Å². The lowest BCUT2D eigenvalue weighted by molar-refractivity contribution is -0.167. The van der Waals surface area contributed by atoms with Crippen molar-refractivity contribution in [3.63, 3.8) is 0 Å². The molecule has 0 saturated carbocycles. The zero-order valence-corrected chi connectivity index (χ0v) is 41.4. The van der Waals surface area contributed by atoms with Gasteiger partial charge in [-0.15, -0.1) is 0 Å². The molecule has 0 aliphatic heterocycles. The first-order chi connectivity index (χ1) is 30.5. The minimum absolute atomic E-state index is 0.0774. The fourth-order valence-electron chi connectivity index (χ4n) is 7.72. The highest BCUT2D eigenvalue weighted by atomic mass is 16.6. The second-order valence-electron chi connectivity index (χ2n) is 18.1. The summed E-state index contributed by atoms with van der Waals surface area (Å²) >= 11 is 0. The standard InChI is InChI=1S/C56H102O6/c1-4-7-10-13-16-19-22-25-26-27-28-29-30-32-34-37-40-43-46-49-55(58)61-52-53(51-60-54(57)48-45-42-39-36-33-24-21-18-15-12-9-6-3)62-56(59)50-47-44-41-38-35-31-23-20-17-14-11-8-5-2/h18,20-21,23,25-26,53H,4-17,19,22,24,27-52H2,1-3H3/b21-18-,23-20-,26-25-. The van der Waals surface area contributed by atoms with Crippen LogP contribution < -0.4 is 0 Å². The summed E-state index contributed by atoms with van der Waals surface area (Å²) in [6, 6.07) is 0. The van der Waals surface area contributed by atoms with E-state index in [-0.39, 0.29) is 31.1 Å². The van der Waals surface area contributed by atoms with Gasteiger partial charge in [0.05, 0.1) is 0 Å². The average molecular weight is 871 g/mol. The predicted molar refractivity (Wildman–Crippen MR) is 266 cm³/mol. The van der Waals surface area contributed by atoms with Crippen LogP contribution in [0.1, 0.15) is 284 Å². The zero-order valence-electron chi connectivity index (χ0n) is 41.4. The second kappa shape index (κ2) is 51.3. The molecule has 362 valence electrons. The highest BCUT2D eigenvalue weighted by Crippen LogP contribution is 2.15. The molecule has 6 nitrogen and oxygen atoms in total. The Bertz CT molecular complexity index is 1050. The van der Waals surface area contributed by atoms with Crippen LogP contribution in [0.25, 0.3) is 0 Å². The summed E-state index contributed by atoms with van der Waals surface area (Å²) in [6.45, 7) is 6.60. The van der Waals surface area contributed by atoms with Crippen molar-refractivity contribution in [3.8, 4) is 0 Å². The molecule has 0 amide bonds. The van der Waals surface area contributed by atoms with Gasteiger partial charge in [0.1, 0.15) is 13.2 Å². The first-order valence-electron chi connectivity index (χ1n) is 27.0. The highest BCUT2D eigenvalue weighted by molar-refractivity contribution is 5.71. The third-order valence-corrected chi connectivity index (χ3v) is 11.8. The quantitative estimate of drug-likeness (QED) is 0.0262. The normalized spacial score (nSPS) is 12.2. The minimum atomic E-state index is -0.777. The van der Waals surface area contributed by atoms with Crippen molar-refractivity contribution in [2.75, 3.05) is 13.2 Å². The third-order valence-electron chi connectivity index (χ3n) is 11.8. The Balaban J connectivity index is 4.32. The van der Waals surface area contributed by atoms with Crippen LogP contribution >= 0.6 is 0 Å². The summed E-state index contributed by atoms with van der Waals surface area (Å²) in [5.74, 6) is -0.888. The molecule has 0 aliphatic carbocycles. The van der Waals surface area contributed by atoms with Gasteiger partial charge in [-0.05, 0) is 96.3 Å². The molecule has 0 saturated heterocycles. The molecule has 0 aromatic rings. The fraction of sp³-hybridized carbons (Fsp3) is 0.839. The van der Waals surface area contributed by atoms with Crippen LogP contribution in [0.2, 0.25) is 0 Å². The Hall–Kier alpha value is -2.37. The number of esters is 3. The summed E-state index contributed by atoms with van der Waals surface area (Å²) in [4.78, 5) is 38.0. The van der Waals surface area contributed by atoms with Crippen molar-refractivity contribution >= 4 is 17.9 Å².